The molecule has 0 bridgehead atoms. The normalized spacial score (nSPS) is 13.3. The summed E-state index contributed by atoms with van der Waals surface area (Å²) in [6, 6.07) is 20.2. The highest BCUT2D eigenvalue weighted by atomic mass is 35.5. The molecular formula is C40H40Cl2N4O7S2. The van der Waals surface area contributed by atoms with Gasteiger partial charge in [0.05, 0.1) is 24.5 Å². The van der Waals surface area contributed by atoms with Crippen molar-refractivity contribution in [3.8, 4) is 0 Å². The lowest BCUT2D eigenvalue weighted by molar-refractivity contribution is -0.116. The zero-order chi connectivity index (χ0) is 39.9. The van der Waals surface area contributed by atoms with E-state index in [4.69, 9.17) is 32.7 Å². The summed E-state index contributed by atoms with van der Waals surface area (Å²) in [6.07, 6.45) is 1.85. The monoisotopic (exact) mass is 822 g/mol. The highest BCUT2D eigenvalue weighted by molar-refractivity contribution is 8.00. The third-order valence-corrected chi connectivity index (χ3v) is 11.2. The number of nitrogens with one attached hydrogen (secondary N) is 3. The smallest absolute Gasteiger partial charge is 0.410 e. The summed E-state index contributed by atoms with van der Waals surface area (Å²) >= 11 is 15.0. The van der Waals surface area contributed by atoms with Crippen LogP contribution in [0.25, 0.3) is 6.08 Å². The number of anilines is 2. The SMILES string of the molecule is CCC(Sc1cccc(NC(=O)/C(=C\c2ccc(Cl)cc2Cl)NC(=O)c2ccccc2)c1)C(=O)Nc1sc2c(c1C(=O)OC)CCN(C(=O)OC(C)(C)C)C2. The molecule has 55 heavy (non-hydrogen) atoms. The van der Waals surface area contributed by atoms with Crippen LogP contribution >= 0.6 is 46.3 Å². The van der Waals surface area contributed by atoms with Gasteiger partial charge in [-0.3, -0.25) is 14.4 Å². The minimum Gasteiger partial charge on any atom is -0.465 e. The standard InChI is InChI=1S/C40H40Cl2N4O7S2/c1-6-31(36(49)45-37-33(38(50)52-5)28-17-18-46(22-32(28)55-37)39(51)53-40(2,3)4)54-27-14-10-13-26(21-27)43-35(48)30(19-24-15-16-25(41)20-29(24)42)44-34(47)23-11-8-7-9-12-23/h7-16,19-21,31H,6,17-18,22H2,1-5H3,(H,43,48)(H,44,47)(H,45,49)/b30-19+. The molecule has 4 aromatic rings. The Morgan fingerprint density at radius 2 is 1.73 bits per heavy atom. The molecule has 11 nitrogen and oxygen atoms in total. The van der Waals surface area contributed by atoms with Crippen LogP contribution in [0.1, 0.15) is 70.8 Å². The molecule has 0 aliphatic carbocycles. The Labute approximate surface area is 337 Å². The molecule has 0 saturated heterocycles. The maximum Gasteiger partial charge on any atom is 0.410 e. The Morgan fingerprint density at radius 3 is 2.40 bits per heavy atom. The van der Waals surface area contributed by atoms with Crippen LogP contribution in [0.5, 0.6) is 0 Å². The van der Waals surface area contributed by atoms with Gasteiger partial charge in [-0.25, -0.2) is 9.59 Å². The molecule has 0 radical (unpaired) electrons. The predicted molar refractivity (Wildman–Crippen MR) is 218 cm³/mol. The van der Waals surface area contributed by atoms with Gasteiger partial charge >= 0.3 is 12.1 Å². The third-order valence-electron chi connectivity index (χ3n) is 8.16. The first-order chi connectivity index (χ1) is 26.1. The Hall–Kier alpha value is -4.82. The number of carbonyl (C=O) groups excluding carboxylic acids is 5. The molecule has 2 heterocycles. The van der Waals surface area contributed by atoms with Crippen molar-refractivity contribution < 1.29 is 33.4 Å². The molecule has 0 spiro atoms. The van der Waals surface area contributed by atoms with Gasteiger partial charge in [-0.05, 0) is 93.3 Å². The molecule has 3 aromatic carbocycles. The van der Waals surface area contributed by atoms with E-state index in [1.807, 2.05) is 13.0 Å². The number of thioether (sulfide) groups is 1. The number of rotatable bonds is 11. The van der Waals surface area contributed by atoms with Gasteiger partial charge in [0.25, 0.3) is 11.8 Å². The van der Waals surface area contributed by atoms with E-state index in [1.165, 1.54) is 42.4 Å². The zero-order valence-electron chi connectivity index (χ0n) is 30.8. The van der Waals surface area contributed by atoms with Gasteiger partial charge < -0.3 is 30.3 Å². The van der Waals surface area contributed by atoms with Crippen LogP contribution in [-0.4, -0.2) is 59.2 Å². The third kappa shape index (κ3) is 10.9. The van der Waals surface area contributed by atoms with E-state index in [9.17, 15) is 24.0 Å². The summed E-state index contributed by atoms with van der Waals surface area (Å²) < 4.78 is 10.6. The first-order valence-corrected chi connectivity index (χ1v) is 19.7. The number of halogens is 2. The van der Waals surface area contributed by atoms with Gasteiger partial charge in [0.15, 0.2) is 0 Å². The molecule has 15 heteroatoms. The summed E-state index contributed by atoms with van der Waals surface area (Å²) in [5.74, 6) is -2.00. The Morgan fingerprint density at radius 1 is 0.982 bits per heavy atom. The van der Waals surface area contributed by atoms with Crippen molar-refractivity contribution in [3.63, 3.8) is 0 Å². The van der Waals surface area contributed by atoms with E-state index in [2.05, 4.69) is 16.0 Å². The van der Waals surface area contributed by atoms with Crippen LogP contribution in [0.2, 0.25) is 10.0 Å². The van der Waals surface area contributed by atoms with Gasteiger partial charge in [-0.15, -0.1) is 23.1 Å². The van der Waals surface area contributed by atoms with E-state index >= 15 is 0 Å². The van der Waals surface area contributed by atoms with E-state index < -0.39 is 34.7 Å². The first-order valence-electron chi connectivity index (χ1n) is 17.3. The van der Waals surface area contributed by atoms with Crippen molar-refractivity contribution in [2.75, 3.05) is 24.3 Å². The zero-order valence-corrected chi connectivity index (χ0v) is 33.9. The number of hydrogen-bond acceptors (Lipinski definition) is 9. The van der Waals surface area contributed by atoms with Crippen LogP contribution in [0, 0.1) is 0 Å². The second kappa shape index (κ2) is 18.2. The van der Waals surface area contributed by atoms with Crippen LogP contribution in [0.4, 0.5) is 15.5 Å². The van der Waals surface area contributed by atoms with Crippen molar-refractivity contribution in [3.05, 3.63) is 116 Å². The highest BCUT2D eigenvalue weighted by Crippen LogP contribution is 2.39. The van der Waals surface area contributed by atoms with E-state index in [1.54, 1.807) is 86.3 Å². The van der Waals surface area contributed by atoms with Crippen molar-refractivity contribution in [2.45, 2.75) is 62.8 Å². The van der Waals surface area contributed by atoms with Crippen LogP contribution in [0.15, 0.2) is 83.4 Å². The van der Waals surface area contributed by atoms with E-state index in [0.29, 0.717) is 56.1 Å². The highest BCUT2D eigenvalue weighted by Gasteiger charge is 2.33. The van der Waals surface area contributed by atoms with Gasteiger partial charge in [-0.1, -0.05) is 60.5 Å². The summed E-state index contributed by atoms with van der Waals surface area (Å²) in [5.41, 5.74) is 1.55. The molecule has 5 rings (SSSR count). The Kier molecular flexibility index (Phi) is 13.7. The quantitative estimate of drug-likeness (QED) is 0.0773. The second-order valence-electron chi connectivity index (χ2n) is 13.4. The number of carbonyl (C=O) groups is 5. The number of methoxy groups -OCH3 is 1. The fraction of sp³-hybridized carbons (Fsp3) is 0.275. The van der Waals surface area contributed by atoms with Crippen molar-refractivity contribution in [1.82, 2.24) is 10.2 Å². The lowest BCUT2D eigenvalue weighted by Gasteiger charge is -2.30. The maximum absolute atomic E-state index is 13.7. The average Bonchev–Trinajstić information content (AvgIpc) is 3.50. The van der Waals surface area contributed by atoms with E-state index in [-0.39, 0.29) is 23.7 Å². The Balaban J connectivity index is 1.32. The van der Waals surface area contributed by atoms with E-state index in [0.717, 1.165) is 10.4 Å². The predicted octanol–water partition coefficient (Wildman–Crippen LogP) is 9.05. The molecule has 1 aliphatic rings. The molecular weight excluding hydrogens is 784 g/mol. The molecule has 1 unspecified atom stereocenters. The molecule has 0 fully saturated rings. The summed E-state index contributed by atoms with van der Waals surface area (Å²) in [5, 5.41) is 8.95. The number of benzene rings is 3. The van der Waals surface area contributed by atoms with Gasteiger partial charge in [-0.2, -0.15) is 0 Å². The van der Waals surface area contributed by atoms with Crippen molar-refractivity contribution in [1.29, 1.82) is 0 Å². The molecule has 1 aromatic heterocycles. The molecule has 288 valence electrons. The minimum atomic E-state index is -0.659. The molecule has 1 aliphatic heterocycles. The summed E-state index contributed by atoms with van der Waals surface area (Å²) in [7, 11) is 1.28. The molecule has 1 atom stereocenters. The molecule has 4 amide bonds. The topological polar surface area (TPSA) is 143 Å². The largest absolute Gasteiger partial charge is 0.465 e. The second-order valence-corrected chi connectivity index (χ2v) is 16.6. The Bertz CT molecular complexity index is 2130. The number of esters is 1. The maximum atomic E-state index is 13.7. The average molecular weight is 824 g/mol. The molecule has 0 saturated carbocycles. The van der Waals surface area contributed by atoms with Crippen molar-refractivity contribution >= 4 is 92.8 Å². The number of thiophene rings is 1. The number of hydrogen-bond donors (Lipinski definition) is 3. The van der Waals surface area contributed by atoms with Gasteiger partial charge in [0, 0.05) is 37.6 Å². The van der Waals surface area contributed by atoms with Crippen molar-refractivity contribution in [2.24, 2.45) is 0 Å². The van der Waals surface area contributed by atoms with Crippen LogP contribution in [0.3, 0.4) is 0 Å². The van der Waals surface area contributed by atoms with Gasteiger partial charge in [0.1, 0.15) is 16.3 Å². The van der Waals surface area contributed by atoms with Crippen LogP contribution in [-0.2, 0) is 32.0 Å². The summed E-state index contributed by atoms with van der Waals surface area (Å²) in [6.45, 7) is 7.85. The fourth-order valence-corrected chi connectivity index (χ4v) is 8.26. The summed E-state index contributed by atoms with van der Waals surface area (Å²) in [4.78, 5) is 69.3. The lowest BCUT2D eigenvalue weighted by Crippen LogP contribution is -2.39. The number of amides is 4. The number of nitrogens with zero attached hydrogens (tertiary/aromatic N) is 1. The first kappa shape index (κ1) is 41.3. The lowest BCUT2D eigenvalue weighted by atomic mass is 10.0. The fourth-order valence-electron chi connectivity index (χ4n) is 5.53. The minimum absolute atomic E-state index is 0.0591. The number of fused-ring (bicyclic) bond motifs is 1. The van der Waals surface area contributed by atoms with Crippen LogP contribution < -0.4 is 16.0 Å². The van der Waals surface area contributed by atoms with Gasteiger partial charge in [0.2, 0.25) is 5.91 Å². The molecule has 3 N–H and O–H groups in total. The number of ether oxygens (including phenoxy) is 2.